The number of hydrogen-bond acceptors (Lipinski definition) is 4. The van der Waals surface area contributed by atoms with Gasteiger partial charge in [0.2, 0.25) is 0 Å². The van der Waals surface area contributed by atoms with Gasteiger partial charge >= 0.3 is 0 Å². The molecular formula is C40H74N2O2. The molecule has 0 rings (SSSR count). The van der Waals surface area contributed by atoms with Crippen LogP contribution >= 0.6 is 0 Å². The largest absolute Gasteiger partial charge is 0.303 e. The molecule has 44 heavy (non-hydrogen) atoms. The molecule has 0 radical (unpaired) electrons. The van der Waals surface area contributed by atoms with Gasteiger partial charge in [0.15, 0.2) is 11.6 Å². The van der Waals surface area contributed by atoms with Gasteiger partial charge in [0.05, 0.1) is 11.1 Å². The van der Waals surface area contributed by atoms with Crippen molar-refractivity contribution >= 4 is 11.6 Å². The molecule has 0 atom stereocenters. The number of rotatable bonds is 24. The standard InChI is InChI=1S/C22H41NO.C18H33NO/c1-17(2)13-9-11-15-22(23-20(7)8,21(24)19(5)6)16-12-10-14-18(3)4;1-7-9-11-13-18(19-16(5)6,14-12-10-8-2)17(20)15(3)4/h13-14,19-20,23H,9-12,15-16H2,1-8H3;7-8,15-16,19H,1-2,9-14H2,3-6H3. The van der Waals surface area contributed by atoms with Crippen LogP contribution in [0.1, 0.15) is 160 Å². The number of carbonyl (C=O) groups excluding carboxylic acids is 2. The second-order valence-electron chi connectivity index (χ2n) is 14.5. The van der Waals surface area contributed by atoms with Gasteiger partial charge in [0.25, 0.3) is 0 Å². The summed E-state index contributed by atoms with van der Waals surface area (Å²) in [7, 11) is 0. The number of unbranched alkanes of at least 4 members (excludes halogenated alkanes) is 4. The first-order valence-corrected chi connectivity index (χ1v) is 17.6. The number of allylic oxidation sites excluding steroid dienone is 6. The SMILES string of the molecule is C=CCCCC(CCCC=C)(NC(C)C)C(=O)C(C)C.CC(C)=CCCCC(CCCC=C(C)C)(NC(C)C)C(=O)C(C)C. The van der Waals surface area contributed by atoms with Crippen molar-refractivity contribution in [1.82, 2.24) is 10.6 Å². The Kier molecular flexibility index (Phi) is 24.6. The third kappa shape index (κ3) is 19.6. The summed E-state index contributed by atoms with van der Waals surface area (Å²) in [5.41, 5.74) is 1.97. The minimum atomic E-state index is -0.381. The highest BCUT2D eigenvalue weighted by Crippen LogP contribution is 2.29. The van der Waals surface area contributed by atoms with Gasteiger partial charge in [-0.1, -0.05) is 63.1 Å². The maximum absolute atomic E-state index is 13.1. The molecule has 0 heterocycles. The number of Topliss-reactive ketones (excluding diaryl/α,β-unsaturated/α-hetero) is 2. The van der Waals surface area contributed by atoms with Crippen LogP contribution in [0, 0.1) is 11.8 Å². The fraction of sp³-hybridized carbons (Fsp3) is 0.750. The van der Waals surface area contributed by atoms with Crippen LogP contribution in [-0.4, -0.2) is 34.7 Å². The Labute approximate surface area is 275 Å². The van der Waals surface area contributed by atoms with E-state index < -0.39 is 0 Å². The van der Waals surface area contributed by atoms with Crippen molar-refractivity contribution in [2.24, 2.45) is 11.8 Å². The van der Waals surface area contributed by atoms with Crippen molar-refractivity contribution in [3.05, 3.63) is 48.6 Å². The Bertz CT molecular complexity index is 830. The van der Waals surface area contributed by atoms with Crippen molar-refractivity contribution in [2.75, 3.05) is 0 Å². The predicted molar refractivity (Wildman–Crippen MR) is 196 cm³/mol. The van der Waals surface area contributed by atoms with Crippen LogP contribution in [-0.2, 0) is 9.59 Å². The lowest BCUT2D eigenvalue weighted by atomic mass is 9.78. The van der Waals surface area contributed by atoms with Gasteiger partial charge in [-0.25, -0.2) is 0 Å². The first-order valence-electron chi connectivity index (χ1n) is 17.6. The van der Waals surface area contributed by atoms with Crippen LogP contribution in [0.25, 0.3) is 0 Å². The van der Waals surface area contributed by atoms with Crippen LogP contribution in [0.3, 0.4) is 0 Å². The van der Waals surface area contributed by atoms with E-state index in [2.05, 4.69) is 91.3 Å². The average molecular weight is 615 g/mol. The van der Waals surface area contributed by atoms with Gasteiger partial charge in [-0.05, 0) is 132 Å². The molecule has 0 amide bonds. The molecule has 0 unspecified atom stereocenters. The zero-order valence-electron chi connectivity index (χ0n) is 31.3. The van der Waals surface area contributed by atoms with Crippen molar-refractivity contribution in [2.45, 2.75) is 183 Å². The molecule has 0 aromatic heterocycles. The van der Waals surface area contributed by atoms with Crippen LogP contribution in [0.5, 0.6) is 0 Å². The number of carbonyl (C=O) groups is 2. The van der Waals surface area contributed by atoms with Crippen LogP contribution < -0.4 is 10.6 Å². The monoisotopic (exact) mass is 615 g/mol. The molecule has 0 aliphatic carbocycles. The lowest BCUT2D eigenvalue weighted by Gasteiger charge is -2.37. The summed E-state index contributed by atoms with van der Waals surface area (Å²) in [5.74, 6) is 0.863. The summed E-state index contributed by atoms with van der Waals surface area (Å²) >= 11 is 0. The predicted octanol–water partition coefficient (Wildman–Crippen LogP) is 10.9. The molecule has 256 valence electrons. The van der Waals surface area contributed by atoms with Crippen molar-refractivity contribution < 1.29 is 9.59 Å². The van der Waals surface area contributed by atoms with Crippen molar-refractivity contribution in [1.29, 1.82) is 0 Å². The maximum atomic E-state index is 13.1. The summed E-state index contributed by atoms with van der Waals surface area (Å²) in [5, 5.41) is 7.23. The van der Waals surface area contributed by atoms with Gasteiger partial charge in [-0.15, -0.1) is 13.2 Å². The van der Waals surface area contributed by atoms with E-state index in [9.17, 15) is 9.59 Å². The van der Waals surface area contributed by atoms with E-state index in [1.54, 1.807) is 0 Å². The smallest absolute Gasteiger partial charge is 0.155 e. The molecule has 0 fully saturated rings. The number of hydrogen-bond donors (Lipinski definition) is 2. The molecule has 2 N–H and O–H groups in total. The van der Waals surface area contributed by atoms with Crippen LogP contribution in [0.15, 0.2) is 48.6 Å². The molecule has 4 nitrogen and oxygen atoms in total. The lowest BCUT2D eigenvalue weighted by Crippen LogP contribution is -2.56. The Morgan fingerprint density at radius 2 is 0.818 bits per heavy atom. The van der Waals surface area contributed by atoms with Gasteiger partial charge < -0.3 is 10.6 Å². The second kappa shape index (κ2) is 24.5. The minimum absolute atomic E-state index is 0.0636. The maximum Gasteiger partial charge on any atom is 0.155 e. The normalized spacial score (nSPS) is 11.8. The summed E-state index contributed by atoms with van der Waals surface area (Å²) in [4.78, 5) is 25.8. The molecule has 0 bridgehead atoms. The Morgan fingerprint density at radius 1 is 0.545 bits per heavy atom. The summed E-state index contributed by atoms with van der Waals surface area (Å²) < 4.78 is 0. The fourth-order valence-corrected chi connectivity index (χ4v) is 6.07. The first kappa shape index (κ1) is 44.3. The minimum Gasteiger partial charge on any atom is -0.303 e. The topological polar surface area (TPSA) is 58.2 Å². The van der Waals surface area contributed by atoms with Gasteiger partial charge in [0.1, 0.15) is 0 Å². The zero-order chi connectivity index (χ0) is 34.3. The van der Waals surface area contributed by atoms with E-state index in [0.717, 1.165) is 77.0 Å². The highest BCUT2D eigenvalue weighted by atomic mass is 16.1. The fourth-order valence-electron chi connectivity index (χ4n) is 6.07. The molecule has 0 saturated carbocycles. The zero-order valence-corrected chi connectivity index (χ0v) is 31.3. The van der Waals surface area contributed by atoms with E-state index in [1.165, 1.54) is 11.1 Å². The third-order valence-electron chi connectivity index (χ3n) is 7.87. The Hall–Kier alpha value is -1.78. The lowest BCUT2D eigenvalue weighted by molar-refractivity contribution is -0.130. The molecular weight excluding hydrogens is 540 g/mol. The summed E-state index contributed by atoms with van der Waals surface area (Å²) in [6.07, 6.45) is 20.3. The van der Waals surface area contributed by atoms with E-state index in [-0.39, 0.29) is 22.9 Å². The Morgan fingerprint density at radius 3 is 1.02 bits per heavy atom. The van der Waals surface area contributed by atoms with E-state index in [0.29, 0.717) is 23.7 Å². The van der Waals surface area contributed by atoms with Crippen LogP contribution in [0.4, 0.5) is 0 Å². The van der Waals surface area contributed by atoms with Crippen molar-refractivity contribution in [3.8, 4) is 0 Å². The van der Waals surface area contributed by atoms with E-state index in [4.69, 9.17) is 0 Å². The Balaban J connectivity index is 0. The summed E-state index contributed by atoms with van der Waals surface area (Å²) in [6, 6.07) is 0.629. The number of ketones is 2. The van der Waals surface area contributed by atoms with Gasteiger partial charge in [-0.2, -0.15) is 0 Å². The molecule has 0 aromatic carbocycles. The van der Waals surface area contributed by atoms with Gasteiger partial charge in [0, 0.05) is 23.9 Å². The quantitative estimate of drug-likeness (QED) is 0.0839. The van der Waals surface area contributed by atoms with Gasteiger partial charge in [-0.3, -0.25) is 9.59 Å². The first-order chi connectivity index (χ1) is 20.5. The summed E-state index contributed by atoms with van der Waals surface area (Å²) in [6.45, 7) is 32.7. The van der Waals surface area contributed by atoms with E-state index in [1.807, 2.05) is 39.8 Å². The average Bonchev–Trinajstić information content (AvgIpc) is 2.92. The van der Waals surface area contributed by atoms with Crippen molar-refractivity contribution in [3.63, 3.8) is 0 Å². The third-order valence-corrected chi connectivity index (χ3v) is 7.87. The number of nitrogens with one attached hydrogen (secondary N) is 2. The molecule has 4 heteroatoms. The second-order valence-corrected chi connectivity index (χ2v) is 14.5. The molecule has 0 aliphatic heterocycles. The molecule has 0 aromatic rings. The molecule has 0 aliphatic rings. The van der Waals surface area contributed by atoms with E-state index >= 15 is 0 Å². The molecule has 0 spiro atoms. The van der Waals surface area contributed by atoms with Crippen LogP contribution in [0.2, 0.25) is 0 Å². The highest BCUT2D eigenvalue weighted by molar-refractivity contribution is 5.90. The molecule has 0 saturated heterocycles. The highest BCUT2D eigenvalue weighted by Gasteiger charge is 2.39.